The van der Waals surface area contributed by atoms with E-state index in [9.17, 15) is 0 Å². The molecule has 1 aliphatic heterocycles. The van der Waals surface area contributed by atoms with E-state index in [4.69, 9.17) is 0 Å². The van der Waals surface area contributed by atoms with Crippen LogP contribution in [0.5, 0.6) is 0 Å². The number of nitrogens with one attached hydrogen (secondary N) is 2. The number of aromatic nitrogens is 3. The van der Waals surface area contributed by atoms with Crippen molar-refractivity contribution in [2.75, 3.05) is 31.1 Å². The molecule has 2 aromatic rings. The van der Waals surface area contributed by atoms with Crippen molar-refractivity contribution in [3.05, 3.63) is 29.8 Å². The molecule has 0 spiro atoms. The molecular weight excluding hydrogens is 226 g/mol. The third-order valence-electron chi connectivity index (χ3n) is 3.20. The van der Waals surface area contributed by atoms with Gasteiger partial charge in [0.2, 0.25) is 5.95 Å². The molecule has 18 heavy (non-hydrogen) atoms. The van der Waals surface area contributed by atoms with Crippen molar-refractivity contribution >= 4 is 5.95 Å². The van der Waals surface area contributed by atoms with Gasteiger partial charge in [-0.25, -0.2) is 0 Å². The van der Waals surface area contributed by atoms with E-state index in [0.29, 0.717) is 0 Å². The lowest BCUT2D eigenvalue weighted by molar-refractivity contribution is 0.580. The Morgan fingerprint density at radius 1 is 1.11 bits per heavy atom. The van der Waals surface area contributed by atoms with Gasteiger partial charge in [0, 0.05) is 31.7 Å². The summed E-state index contributed by atoms with van der Waals surface area (Å²) in [5.41, 5.74) is 2.33. The Balaban J connectivity index is 1.82. The van der Waals surface area contributed by atoms with Crippen molar-refractivity contribution in [3.63, 3.8) is 0 Å². The van der Waals surface area contributed by atoms with E-state index in [0.717, 1.165) is 43.5 Å². The third kappa shape index (κ3) is 2.22. The van der Waals surface area contributed by atoms with Crippen LogP contribution in [0.2, 0.25) is 0 Å². The number of anilines is 1. The molecule has 0 atom stereocenters. The Hall–Kier alpha value is -1.88. The third-order valence-corrected chi connectivity index (χ3v) is 3.20. The molecule has 5 nitrogen and oxygen atoms in total. The molecule has 1 saturated heterocycles. The molecule has 1 aromatic carbocycles. The molecule has 0 saturated carbocycles. The fraction of sp³-hybridized carbons (Fsp3) is 0.385. The van der Waals surface area contributed by atoms with Crippen LogP contribution in [0.1, 0.15) is 5.56 Å². The molecule has 3 rings (SSSR count). The summed E-state index contributed by atoms with van der Waals surface area (Å²) in [6.45, 7) is 6.00. The second-order valence-corrected chi connectivity index (χ2v) is 4.59. The maximum Gasteiger partial charge on any atom is 0.245 e. The minimum atomic E-state index is 0.798. The van der Waals surface area contributed by atoms with Gasteiger partial charge in [-0.1, -0.05) is 29.8 Å². The van der Waals surface area contributed by atoms with Crippen molar-refractivity contribution < 1.29 is 0 Å². The highest BCUT2D eigenvalue weighted by molar-refractivity contribution is 5.56. The first-order valence-corrected chi connectivity index (χ1v) is 6.28. The highest BCUT2D eigenvalue weighted by Gasteiger charge is 2.15. The fourth-order valence-corrected chi connectivity index (χ4v) is 2.10. The van der Waals surface area contributed by atoms with Crippen molar-refractivity contribution in [1.29, 1.82) is 0 Å². The number of benzene rings is 1. The van der Waals surface area contributed by atoms with Crippen molar-refractivity contribution in [2.24, 2.45) is 0 Å². The standard InChI is InChI=1S/C13H17N5/c1-10-2-4-11(5-3-10)12-15-13(17-16-12)18-8-6-14-7-9-18/h2-5,14H,6-9H2,1H3,(H,15,16,17). The van der Waals surface area contributed by atoms with Crippen LogP contribution >= 0.6 is 0 Å². The summed E-state index contributed by atoms with van der Waals surface area (Å²) < 4.78 is 0. The molecule has 1 aromatic heterocycles. The molecule has 2 heterocycles. The molecule has 1 fully saturated rings. The zero-order valence-corrected chi connectivity index (χ0v) is 10.5. The van der Waals surface area contributed by atoms with Crippen LogP contribution in [0.25, 0.3) is 11.4 Å². The molecule has 2 N–H and O–H groups in total. The van der Waals surface area contributed by atoms with Gasteiger partial charge in [-0.05, 0) is 6.92 Å². The predicted molar refractivity (Wildman–Crippen MR) is 71.6 cm³/mol. The molecule has 0 amide bonds. The largest absolute Gasteiger partial charge is 0.337 e. The van der Waals surface area contributed by atoms with Crippen molar-refractivity contribution in [2.45, 2.75) is 6.92 Å². The second-order valence-electron chi connectivity index (χ2n) is 4.59. The van der Waals surface area contributed by atoms with Gasteiger partial charge in [0.25, 0.3) is 0 Å². The van der Waals surface area contributed by atoms with Crippen molar-refractivity contribution in [1.82, 2.24) is 20.5 Å². The summed E-state index contributed by atoms with van der Waals surface area (Å²) in [7, 11) is 0. The first-order valence-electron chi connectivity index (χ1n) is 6.28. The number of aromatic amines is 1. The Labute approximate surface area is 106 Å². The zero-order chi connectivity index (χ0) is 12.4. The van der Waals surface area contributed by atoms with Gasteiger partial charge < -0.3 is 10.2 Å². The van der Waals surface area contributed by atoms with E-state index in [-0.39, 0.29) is 0 Å². The van der Waals surface area contributed by atoms with E-state index < -0.39 is 0 Å². The number of hydrogen-bond donors (Lipinski definition) is 2. The molecule has 0 radical (unpaired) electrons. The summed E-state index contributed by atoms with van der Waals surface area (Å²) in [6, 6.07) is 8.31. The quantitative estimate of drug-likeness (QED) is 0.832. The van der Waals surface area contributed by atoms with Crippen LogP contribution in [0, 0.1) is 6.92 Å². The van der Waals surface area contributed by atoms with Gasteiger partial charge in [0.05, 0.1) is 0 Å². The average Bonchev–Trinajstić information content (AvgIpc) is 2.90. The maximum absolute atomic E-state index is 4.57. The molecule has 1 aliphatic rings. The van der Waals surface area contributed by atoms with Crippen LogP contribution < -0.4 is 10.2 Å². The lowest BCUT2D eigenvalue weighted by atomic mass is 10.1. The van der Waals surface area contributed by atoms with E-state index in [1.165, 1.54) is 5.56 Å². The predicted octanol–water partition coefficient (Wildman–Crippen LogP) is 1.19. The zero-order valence-electron chi connectivity index (χ0n) is 10.5. The Kier molecular flexibility index (Phi) is 2.98. The van der Waals surface area contributed by atoms with Crippen LogP contribution in [-0.4, -0.2) is 41.4 Å². The van der Waals surface area contributed by atoms with E-state index in [2.05, 4.69) is 56.6 Å². The molecule has 94 valence electrons. The number of rotatable bonds is 2. The Morgan fingerprint density at radius 2 is 1.83 bits per heavy atom. The topological polar surface area (TPSA) is 56.8 Å². The SMILES string of the molecule is Cc1ccc(-c2nc(N3CCNCC3)n[nH]2)cc1. The molecule has 0 aliphatic carbocycles. The summed E-state index contributed by atoms with van der Waals surface area (Å²) in [5.74, 6) is 1.63. The first-order chi connectivity index (χ1) is 8.83. The minimum absolute atomic E-state index is 0.798. The summed E-state index contributed by atoms with van der Waals surface area (Å²) >= 11 is 0. The maximum atomic E-state index is 4.57. The van der Waals surface area contributed by atoms with Crippen LogP contribution in [0.3, 0.4) is 0 Å². The smallest absolute Gasteiger partial charge is 0.245 e. The normalized spacial score (nSPS) is 15.9. The molecular formula is C13H17N5. The number of nitrogens with zero attached hydrogens (tertiary/aromatic N) is 3. The summed E-state index contributed by atoms with van der Waals surface area (Å²) in [6.07, 6.45) is 0. The molecule has 0 bridgehead atoms. The first kappa shape index (κ1) is 11.2. The average molecular weight is 243 g/mol. The molecule has 0 unspecified atom stereocenters. The van der Waals surface area contributed by atoms with Gasteiger partial charge in [-0.2, -0.15) is 4.98 Å². The monoisotopic (exact) mass is 243 g/mol. The summed E-state index contributed by atoms with van der Waals surface area (Å²) in [5, 5.41) is 10.6. The van der Waals surface area contributed by atoms with Gasteiger partial charge >= 0.3 is 0 Å². The van der Waals surface area contributed by atoms with Gasteiger partial charge in [0.15, 0.2) is 5.82 Å². The highest BCUT2D eigenvalue weighted by Crippen LogP contribution is 2.18. The van der Waals surface area contributed by atoms with Crippen LogP contribution in [-0.2, 0) is 0 Å². The van der Waals surface area contributed by atoms with E-state index in [1.54, 1.807) is 0 Å². The van der Waals surface area contributed by atoms with Crippen LogP contribution in [0.15, 0.2) is 24.3 Å². The Morgan fingerprint density at radius 3 is 2.56 bits per heavy atom. The lowest BCUT2D eigenvalue weighted by Gasteiger charge is -2.25. The van der Waals surface area contributed by atoms with Gasteiger partial charge in [-0.15, -0.1) is 5.10 Å². The second kappa shape index (κ2) is 4.78. The van der Waals surface area contributed by atoms with Crippen LogP contribution in [0.4, 0.5) is 5.95 Å². The van der Waals surface area contributed by atoms with E-state index >= 15 is 0 Å². The minimum Gasteiger partial charge on any atom is -0.337 e. The number of hydrogen-bond acceptors (Lipinski definition) is 4. The van der Waals surface area contributed by atoms with Gasteiger partial charge in [-0.3, -0.25) is 5.10 Å². The highest BCUT2D eigenvalue weighted by atomic mass is 15.4. The Bertz CT molecular complexity index is 510. The number of H-pyrrole nitrogens is 1. The van der Waals surface area contributed by atoms with Crippen molar-refractivity contribution in [3.8, 4) is 11.4 Å². The number of aryl methyl sites for hydroxylation is 1. The summed E-state index contributed by atoms with van der Waals surface area (Å²) in [4.78, 5) is 6.76. The molecule has 5 heteroatoms. The number of piperazine rings is 1. The van der Waals surface area contributed by atoms with E-state index in [1.807, 2.05) is 0 Å². The van der Waals surface area contributed by atoms with Gasteiger partial charge in [0.1, 0.15) is 0 Å². The lowest BCUT2D eigenvalue weighted by Crippen LogP contribution is -2.44. The fourth-order valence-electron chi connectivity index (χ4n) is 2.10.